The number of aryl methyl sites for hydroxylation is 1. The molecule has 112 valence electrons. The zero-order chi connectivity index (χ0) is 15.4. The van der Waals surface area contributed by atoms with Gasteiger partial charge in [-0.15, -0.1) is 0 Å². The van der Waals surface area contributed by atoms with E-state index in [4.69, 9.17) is 4.52 Å². The van der Waals surface area contributed by atoms with Crippen molar-refractivity contribution in [1.82, 2.24) is 15.1 Å². The molecule has 22 heavy (non-hydrogen) atoms. The highest BCUT2D eigenvalue weighted by Gasteiger charge is 2.14. The van der Waals surface area contributed by atoms with Crippen LogP contribution < -0.4 is 5.32 Å². The van der Waals surface area contributed by atoms with Crippen LogP contribution in [0, 0.1) is 6.92 Å². The maximum Gasteiger partial charge on any atom is 0.261 e. The number of benzene rings is 1. The Kier molecular flexibility index (Phi) is 4.14. The quantitative estimate of drug-likeness (QED) is 0.772. The fourth-order valence-electron chi connectivity index (χ4n) is 2.11. The first-order valence-corrected chi connectivity index (χ1v) is 7.38. The van der Waals surface area contributed by atoms with E-state index in [9.17, 15) is 0 Å². The normalized spacial score (nSPS) is 10.6. The average Bonchev–Trinajstić information content (AvgIpc) is 3.03. The molecule has 2 heterocycles. The first kappa shape index (κ1) is 14.3. The second-order valence-electron chi connectivity index (χ2n) is 5.12. The predicted octanol–water partition coefficient (Wildman–Crippen LogP) is 3.93. The molecule has 0 atom stereocenters. The van der Waals surface area contributed by atoms with E-state index in [1.165, 1.54) is 5.56 Å². The summed E-state index contributed by atoms with van der Waals surface area (Å²) in [7, 11) is 0. The largest absolute Gasteiger partial charge is 0.369 e. The van der Waals surface area contributed by atoms with Crippen molar-refractivity contribution in [3.05, 3.63) is 48.2 Å². The summed E-state index contributed by atoms with van der Waals surface area (Å²) in [5, 5.41) is 7.35. The number of hydrogen-bond donors (Lipinski definition) is 1. The van der Waals surface area contributed by atoms with Crippen LogP contribution in [0.25, 0.3) is 22.8 Å². The van der Waals surface area contributed by atoms with Crippen molar-refractivity contribution in [2.24, 2.45) is 0 Å². The van der Waals surface area contributed by atoms with Crippen molar-refractivity contribution in [2.75, 3.05) is 11.9 Å². The van der Waals surface area contributed by atoms with Crippen LogP contribution in [0.3, 0.4) is 0 Å². The molecular formula is C17H18N4O. The van der Waals surface area contributed by atoms with Crippen molar-refractivity contribution in [2.45, 2.75) is 20.3 Å². The molecule has 1 N–H and O–H groups in total. The number of nitrogens with zero attached hydrogens (tertiary/aromatic N) is 3. The summed E-state index contributed by atoms with van der Waals surface area (Å²) in [5.74, 6) is 1.83. The molecule has 0 saturated heterocycles. The van der Waals surface area contributed by atoms with Crippen molar-refractivity contribution >= 4 is 5.82 Å². The Morgan fingerprint density at radius 1 is 1.14 bits per heavy atom. The Morgan fingerprint density at radius 2 is 1.95 bits per heavy atom. The highest BCUT2D eigenvalue weighted by atomic mass is 16.5. The molecule has 0 aliphatic rings. The minimum atomic E-state index is 0.474. The number of nitrogens with one attached hydrogen (secondary N) is 1. The van der Waals surface area contributed by atoms with Crippen molar-refractivity contribution in [3.63, 3.8) is 0 Å². The Hall–Kier alpha value is -2.69. The van der Waals surface area contributed by atoms with Gasteiger partial charge in [-0.05, 0) is 25.5 Å². The fraction of sp³-hybridized carbons (Fsp3) is 0.235. The molecule has 0 bridgehead atoms. The van der Waals surface area contributed by atoms with E-state index in [0.29, 0.717) is 11.7 Å². The number of aromatic nitrogens is 3. The van der Waals surface area contributed by atoms with Crippen LogP contribution in [0.2, 0.25) is 0 Å². The van der Waals surface area contributed by atoms with Gasteiger partial charge in [-0.2, -0.15) is 4.98 Å². The van der Waals surface area contributed by atoms with Gasteiger partial charge in [0.2, 0.25) is 5.82 Å². The second kappa shape index (κ2) is 6.39. The molecule has 0 unspecified atom stereocenters. The first-order chi connectivity index (χ1) is 10.8. The molecule has 0 fully saturated rings. The molecule has 2 aromatic heterocycles. The number of rotatable bonds is 5. The molecule has 0 spiro atoms. The number of hydrogen-bond acceptors (Lipinski definition) is 5. The Labute approximate surface area is 129 Å². The molecule has 1 aromatic carbocycles. The van der Waals surface area contributed by atoms with Crippen LogP contribution in [0.1, 0.15) is 18.9 Å². The molecule has 0 aliphatic carbocycles. The maximum atomic E-state index is 5.41. The Morgan fingerprint density at radius 3 is 2.73 bits per heavy atom. The van der Waals surface area contributed by atoms with Crippen LogP contribution >= 0.6 is 0 Å². The standard InChI is InChI=1S/C17H18N4O/c1-3-10-18-16-14(5-4-11-19-16)17-20-15(21-22-17)13-8-6-12(2)7-9-13/h4-9,11H,3,10H2,1-2H3,(H,18,19). The van der Waals surface area contributed by atoms with E-state index in [1.807, 2.05) is 43.3 Å². The molecule has 0 radical (unpaired) electrons. The van der Waals surface area contributed by atoms with Gasteiger partial charge in [-0.1, -0.05) is 41.9 Å². The van der Waals surface area contributed by atoms with E-state index in [1.54, 1.807) is 6.20 Å². The molecule has 0 amide bonds. The van der Waals surface area contributed by atoms with Crippen LogP contribution in [0.5, 0.6) is 0 Å². The van der Waals surface area contributed by atoms with Gasteiger partial charge in [0.15, 0.2) is 0 Å². The van der Waals surface area contributed by atoms with E-state index in [-0.39, 0.29) is 0 Å². The van der Waals surface area contributed by atoms with Gasteiger partial charge in [0.05, 0.1) is 5.56 Å². The molecule has 3 rings (SSSR count). The van der Waals surface area contributed by atoms with E-state index in [0.717, 1.165) is 29.9 Å². The van der Waals surface area contributed by atoms with E-state index in [2.05, 4.69) is 27.4 Å². The summed E-state index contributed by atoms with van der Waals surface area (Å²) in [6, 6.07) is 11.8. The smallest absolute Gasteiger partial charge is 0.261 e. The first-order valence-electron chi connectivity index (χ1n) is 7.38. The minimum Gasteiger partial charge on any atom is -0.369 e. The minimum absolute atomic E-state index is 0.474. The molecule has 0 aliphatic heterocycles. The van der Waals surface area contributed by atoms with Gasteiger partial charge >= 0.3 is 0 Å². The summed E-state index contributed by atoms with van der Waals surface area (Å²) in [4.78, 5) is 8.84. The van der Waals surface area contributed by atoms with Gasteiger partial charge in [-0.25, -0.2) is 4.98 Å². The van der Waals surface area contributed by atoms with Gasteiger partial charge in [0.1, 0.15) is 5.82 Å². The van der Waals surface area contributed by atoms with Crippen LogP contribution in [-0.4, -0.2) is 21.7 Å². The lowest BCUT2D eigenvalue weighted by Crippen LogP contribution is -2.03. The van der Waals surface area contributed by atoms with Crippen molar-refractivity contribution in [3.8, 4) is 22.8 Å². The third kappa shape index (κ3) is 2.98. The van der Waals surface area contributed by atoms with Crippen molar-refractivity contribution in [1.29, 1.82) is 0 Å². The SMILES string of the molecule is CCCNc1ncccc1-c1nc(-c2ccc(C)cc2)no1. The Balaban J connectivity index is 1.92. The third-order valence-corrected chi connectivity index (χ3v) is 3.32. The van der Waals surface area contributed by atoms with E-state index >= 15 is 0 Å². The van der Waals surface area contributed by atoms with Crippen LogP contribution in [-0.2, 0) is 0 Å². The summed E-state index contributed by atoms with van der Waals surface area (Å²) in [6.07, 6.45) is 2.77. The highest BCUT2D eigenvalue weighted by Crippen LogP contribution is 2.26. The number of pyridine rings is 1. The predicted molar refractivity (Wildman–Crippen MR) is 86.5 cm³/mol. The topological polar surface area (TPSA) is 63.8 Å². The van der Waals surface area contributed by atoms with Crippen LogP contribution in [0.15, 0.2) is 47.1 Å². The summed E-state index contributed by atoms with van der Waals surface area (Å²) in [6.45, 7) is 5.01. The molecule has 0 saturated carbocycles. The lowest BCUT2D eigenvalue weighted by atomic mass is 10.1. The number of anilines is 1. The van der Waals surface area contributed by atoms with Gasteiger partial charge in [-0.3, -0.25) is 0 Å². The van der Waals surface area contributed by atoms with Crippen molar-refractivity contribution < 1.29 is 4.52 Å². The van der Waals surface area contributed by atoms with Gasteiger partial charge in [0, 0.05) is 18.3 Å². The highest BCUT2D eigenvalue weighted by molar-refractivity contribution is 5.70. The lowest BCUT2D eigenvalue weighted by Gasteiger charge is -2.06. The monoisotopic (exact) mass is 294 g/mol. The molecular weight excluding hydrogens is 276 g/mol. The zero-order valence-electron chi connectivity index (χ0n) is 12.7. The second-order valence-corrected chi connectivity index (χ2v) is 5.12. The van der Waals surface area contributed by atoms with Crippen LogP contribution in [0.4, 0.5) is 5.82 Å². The third-order valence-electron chi connectivity index (χ3n) is 3.32. The Bertz CT molecular complexity index is 749. The van der Waals surface area contributed by atoms with Gasteiger partial charge < -0.3 is 9.84 Å². The average molecular weight is 294 g/mol. The van der Waals surface area contributed by atoms with Gasteiger partial charge in [0.25, 0.3) is 5.89 Å². The zero-order valence-corrected chi connectivity index (χ0v) is 12.7. The summed E-state index contributed by atoms with van der Waals surface area (Å²) in [5.41, 5.74) is 2.96. The molecule has 5 heteroatoms. The lowest BCUT2D eigenvalue weighted by molar-refractivity contribution is 0.432. The molecule has 3 aromatic rings. The fourth-order valence-corrected chi connectivity index (χ4v) is 2.11. The summed E-state index contributed by atoms with van der Waals surface area (Å²) >= 11 is 0. The maximum absolute atomic E-state index is 5.41. The molecule has 5 nitrogen and oxygen atoms in total. The summed E-state index contributed by atoms with van der Waals surface area (Å²) < 4.78 is 5.41. The van der Waals surface area contributed by atoms with E-state index < -0.39 is 0 Å².